The molecule has 2 N–H and O–H groups in total. The number of halogens is 1. The number of anilines is 2. The van der Waals surface area contributed by atoms with E-state index < -0.39 is 11.7 Å². The predicted octanol–water partition coefficient (Wildman–Crippen LogP) is 2.98. The lowest BCUT2D eigenvalue weighted by atomic mass is 10.1. The molecule has 30 heavy (non-hydrogen) atoms. The molecule has 2 aromatic heterocycles. The Balaban J connectivity index is 1.38. The van der Waals surface area contributed by atoms with Crippen molar-refractivity contribution in [1.29, 1.82) is 0 Å². The largest absolute Gasteiger partial charge is 0.496 e. The van der Waals surface area contributed by atoms with Crippen molar-refractivity contribution in [2.24, 2.45) is 0 Å². The number of aryl methyl sites for hydroxylation is 1. The molecule has 2 aliphatic heterocycles. The Morgan fingerprint density at radius 3 is 2.70 bits per heavy atom. The number of hydrogen-bond acceptors (Lipinski definition) is 5. The summed E-state index contributed by atoms with van der Waals surface area (Å²) in [6.07, 6.45) is 5.80. The zero-order chi connectivity index (χ0) is 20.8. The minimum atomic E-state index is -0.453. The Labute approximate surface area is 173 Å². The van der Waals surface area contributed by atoms with Crippen molar-refractivity contribution < 1.29 is 13.9 Å². The van der Waals surface area contributed by atoms with Crippen molar-refractivity contribution >= 4 is 22.9 Å². The zero-order valence-corrected chi connectivity index (χ0v) is 17.0. The Hall–Kier alpha value is -3.13. The van der Waals surface area contributed by atoms with Gasteiger partial charge in [0.05, 0.1) is 24.1 Å². The van der Waals surface area contributed by atoms with Crippen LogP contribution in [-0.2, 0) is 0 Å². The molecule has 1 aromatic carbocycles. The molecule has 0 radical (unpaired) electrons. The van der Waals surface area contributed by atoms with E-state index in [4.69, 9.17) is 4.74 Å². The highest BCUT2D eigenvalue weighted by atomic mass is 19.1. The van der Waals surface area contributed by atoms with Gasteiger partial charge < -0.3 is 24.7 Å². The van der Waals surface area contributed by atoms with Crippen LogP contribution in [0.5, 0.6) is 5.75 Å². The summed E-state index contributed by atoms with van der Waals surface area (Å²) in [6, 6.07) is 7.63. The predicted molar refractivity (Wildman–Crippen MR) is 113 cm³/mol. The molecule has 2 saturated heterocycles. The van der Waals surface area contributed by atoms with Crippen LogP contribution < -0.4 is 20.3 Å². The smallest absolute Gasteiger partial charge is 0.261 e. The topological polar surface area (TPSA) is 70.9 Å². The number of pyridine rings is 1. The number of methoxy groups -OCH3 is 1. The quantitative estimate of drug-likeness (QED) is 0.693. The number of nitrogens with one attached hydrogen (secondary N) is 2. The Morgan fingerprint density at radius 1 is 1.23 bits per heavy atom. The summed E-state index contributed by atoms with van der Waals surface area (Å²) in [5.41, 5.74) is 2.81. The third kappa shape index (κ3) is 3.37. The summed E-state index contributed by atoms with van der Waals surface area (Å²) in [5, 5.41) is 6.25. The second-order valence-electron chi connectivity index (χ2n) is 8.06. The van der Waals surface area contributed by atoms with Crippen LogP contribution in [-0.4, -0.2) is 47.6 Å². The van der Waals surface area contributed by atoms with Gasteiger partial charge in [0.2, 0.25) is 0 Å². The van der Waals surface area contributed by atoms with E-state index in [1.807, 2.05) is 19.2 Å². The number of imidazole rings is 1. The van der Waals surface area contributed by atoms with Gasteiger partial charge in [-0.2, -0.15) is 0 Å². The highest BCUT2D eigenvalue weighted by Gasteiger charge is 2.32. The Morgan fingerprint density at radius 2 is 2.00 bits per heavy atom. The molecule has 2 fully saturated rings. The Kier molecular flexibility index (Phi) is 4.58. The van der Waals surface area contributed by atoms with E-state index in [1.54, 1.807) is 22.7 Å². The van der Waals surface area contributed by atoms with Gasteiger partial charge >= 0.3 is 0 Å². The van der Waals surface area contributed by atoms with Gasteiger partial charge in [-0.1, -0.05) is 0 Å². The van der Waals surface area contributed by atoms with Crippen LogP contribution in [0.3, 0.4) is 0 Å². The fourth-order valence-electron chi connectivity index (χ4n) is 4.48. The lowest BCUT2D eigenvalue weighted by molar-refractivity contribution is 0.102. The number of piperazine rings is 1. The molecule has 2 atom stereocenters. The summed E-state index contributed by atoms with van der Waals surface area (Å²) in [7, 11) is 1.49. The molecule has 156 valence electrons. The molecule has 0 aliphatic carbocycles. The van der Waals surface area contributed by atoms with Crippen LogP contribution >= 0.6 is 0 Å². The molecule has 1 amide bonds. The fourth-order valence-corrected chi connectivity index (χ4v) is 4.48. The first-order valence-electron chi connectivity index (χ1n) is 10.2. The molecule has 2 unspecified atom stereocenters. The lowest BCUT2D eigenvalue weighted by Gasteiger charge is -2.34. The monoisotopic (exact) mass is 409 g/mol. The fraction of sp³-hybridized carbons (Fsp3) is 0.364. The van der Waals surface area contributed by atoms with E-state index in [9.17, 15) is 9.18 Å². The average Bonchev–Trinajstić information content (AvgIpc) is 3.27. The molecule has 4 heterocycles. The molecule has 2 bridgehead atoms. The standard InChI is InChI=1S/C22H24FN5O2/c1-13-9-28-12-17(20(30-2)8-21(28)24-13)22(29)26-19-6-5-16(7-18(19)23)27-10-14-3-4-15(11-27)25-14/h5-9,12,14-15,25H,3-4,10-11H2,1-2H3,(H,26,29). The van der Waals surface area contributed by atoms with E-state index in [2.05, 4.69) is 20.5 Å². The maximum Gasteiger partial charge on any atom is 0.261 e. The van der Waals surface area contributed by atoms with Gasteiger partial charge in [0.1, 0.15) is 17.2 Å². The Bertz CT molecular complexity index is 1120. The van der Waals surface area contributed by atoms with Crippen LogP contribution in [0.4, 0.5) is 15.8 Å². The second kappa shape index (κ2) is 7.28. The first kappa shape index (κ1) is 18.9. The number of carbonyl (C=O) groups excluding carboxylic acids is 1. The lowest BCUT2D eigenvalue weighted by Crippen LogP contribution is -2.51. The number of fused-ring (bicyclic) bond motifs is 3. The molecule has 0 saturated carbocycles. The van der Waals surface area contributed by atoms with Crippen LogP contribution in [0.25, 0.3) is 5.65 Å². The number of amides is 1. The molecule has 5 rings (SSSR count). The van der Waals surface area contributed by atoms with Crippen molar-refractivity contribution in [1.82, 2.24) is 14.7 Å². The highest BCUT2D eigenvalue weighted by molar-refractivity contribution is 6.06. The van der Waals surface area contributed by atoms with Crippen LogP contribution in [0, 0.1) is 12.7 Å². The maximum atomic E-state index is 14.8. The minimum Gasteiger partial charge on any atom is -0.496 e. The average molecular weight is 409 g/mol. The molecule has 3 aromatic rings. The number of aromatic nitrogens is 2. The first-order chi connectivity index (χ1) is 14.5. The van der Waals surface area contributed by atoms with Crippen molar-refractivity contribution in [3.63, 3.8) is 0 Å². The molecule has 2 aliphatic rings. The van der Waals surface area contributed by atoms with Gasteiger partial charge in [-0.3, -0.25) is 4.79 Å². The SMILES string of the molecule is COc1cc2nc(C)cn2cc1C(=O)Nc1ccc(N2CC3CCC(C2)N3)cc1F. The summed E-state index contributed by atoms with van der Waals surface area (Å²) >= 11 is 0. The summed E-state index contributed by atoms with van der Waals surface area (Å²) in [6.45, 7) is 3.63. The van der Waals surface area contributed by atoms with Gasteiger partial charge in [-0.15, -0.1) is 0 Å². The number of carbonyl (C=O) groups is 1. The van der Waals surface area contributed by atoms with Gasteiger partial charge in [0.15, 0.2) is 0 Å². The number of ether oxygens (including phenoxy) is 1. The number of rotatable bonds is 4. The van der Waals surface area contributed by atoms with E-state index in [0.717, 1.165) is 24.5 Å². The van der Waals surface area contributed by atoms with E-state index in [0.29, 0.717) is 29.0 Å². The van der Waals surface area contributed by atoms with Crippen LogP contribution in [0.2, 0.25) is 0 Å². The number of nitrogens with zero attached hydrogens (tertiary/aromatic N) is 3. The number of hydrogen-bond donors (Lipinski definition) is 2. The third-order valence-electron chi connectivity index (χ3n) is 5.92. The normalized spacial score (nSPS) is 20.6. The van der Waals surface area contributed by atoms with E-state index in [-0.39, 0.29) is 5.69 Å². The second-order valence-corrected chi connectivity index (χ2v) is 8.06. The third-order valence-corrected chi connectivity index (χ3v) is 5.92. The molecular formula is C22H24FN5O2. The van der Waals surface area contributed by atoms with E-state index in [1.165, 1.54) is 26.0 Å². The summed E-state index contributed by atoms with van der Waals surface area (Å²) in [4.78, 5) is 19.5. The van der Waals surface area contributed by atoms with Crippen molar-refractivity contribution in [3.8, 4) is 5.75 Å². The van der Waals surface area contributed by atoms with Crippen LogP contribution in [0.15, 0.2) is 36.7 Å². The summed E-state index contributed by atoms with van der Waals surface area (Å²) < 4.78 is 21.9. The summed E-state index contributed by atoms with van der Waals surface area (Å²) in [5.74, 6) is -0.504. The van der Waals surface area contributed by atoms with E-state index >= 15 is 0 Å². The molecular weight excluding hydrogens is 385 g/mol. The molecule has 7 nitrogen and oxygen atoms in total. The van der Waals surface area contributed by atoms with Gasteiger partial charge in [-0.05, 0) is 38.0 Å². The van der Waals surface area contributed by atoms with Crippen molar-refractivity contribution in [3.05, 3.63) is 53.7 Å². The van der Waals surface area contributed by atoms with Gasteiger partial charge in [0, 0.05) is 49.3 Å². The zero-order valence-electron chi connectivity index (χ0n) is 17.0. The maximum absolute atomic E-state index is 14.8. The van der Waals surface area contributed by atoms with Crippen molar-refractivity contribution in [2.75, 3.05) is 30.4 Å². The van der Waals surface area contributed by atoms with Gasteiger partial charge in [-0.25, -0.2) is 9.37 Å². The number of benzene rings is 1. The molecule has 0 spiro atoms. The molecule has 8 heteroatoms. The van der Waals surface area contributed by atoms with Crippen LogP contribution in [0.1, 0.15) is 28.9 Å². The first-order valence-corrected chi connectivity index (χ1v) is 10.2. The van der Waals surface area contributed by atoms with Gasteiger partial charge in [0.25, 0.3) is 5.91 Å². The van der Waals surface area contributed by atoms with Crippen molar-refractivity contribution in [2.45, 2.75) is 31.8 Å². The highest BCUT2D eigenvalue weighted by Crippen LogP contribution is 2.29. The minimum absolute atomic E-state index is 0.144.